The second kappa shape index (κ2) is 12.8. The molecule has 36 heavy (non-hydrogen) atoms. The van der Waals surface area contributed by atoms with Gasteiger partial charge >= 0.3 is 5.97 Å². The van der Waals surface area contributed by atoms with Crippen LogP contribution in [-0.4, -0.2) is 52.4 Å². The van der Waals surface area contributed by atoms with Gasteiger partial charge in [0.25, 0.3) is 0 Å². The number of ether oxygens (including phenoxy) is 1. The summed E-state index contributed by atoms with van der Waals surface area (Å²) in [5, 5.41) is 9.46. The molecule has 0 aliphatic carbocycles. The number of carboxylic acid groups (broad SMARTS) is 1. The monoisotopic (exact) mass is 522 g/mol. The van der Waals surface area contributed by atoms with Gasteiger partial charge in [0.05, 0.1) is 18.0 Å². The third-order valence-corrected chi connectivity index (χ3v) is 6.35. The molecule has 1 aliphatic rings. The second-order valence-corrected chi connectivity index (χ2v) is 9.07. The van der Waals surface area contributed by atoms with Crippen molar-refractivity contribution in [2.24, 2.45) is 0 Å². The fraction of sp³-hybridized carbons (Fsp3) is 0.423. The predicted octanol–water partition coefficient (Wildman–Crippen LogP) is 4.96. The first-order valence-electron chi connectivity index (χ1n) is 11.8. The van der Waals surface area contributed by atoms with Gasteiger partial charge in [-0.25, -0.2) is 8.78 Å². The Morgan fingerprint density at radius 3 is 2.47 bits per heavy atom. The molecule has 3 rings (SSSR count). The van der Waals surface area contributed by atoms with Crippen LogP contribution in [0.2, 0.25) is 5.02 Å². The van der Waals surface area contributed by atoms with E-state index in [9.17, 15) is 28.3 Å². The number of aliphatic carboxylic acids is 1. The SMILES string of the molecule is CCCCN(Cc1ccc(OCCN2C(=O)CCC2=O)c(F)c1)C(CC(=O)O)c1ccc(Cl)c(F)c1. The number of nitrogens with zero attached hydrogens (tertiary/aromatic N) is 2. The Labute approximate surface area is 213 Å². The third kappa shape index (κ3) is 7.24. The van der Waals surface area contributed by atoms with E-state index in [4.69, 9.17) is 16.3 Å². The summed E-state index contributed by atoms with van der Waals surface area (Å²) in [7, 11) is 0. The van der Waals surface area contributed by atoms with E-state index in [1.807, 2.05) is 11.8 Å². The lowest BCUT2D eigenvalue weighted by atomic mass is 10.00. The largest absolute Gasteiger partial charge is 0.489 e. The smallest absolute Gasteiger partial charge is 0.305 e. The van der Waals surface area contributed by atoms with Gasteiger partial charge < -0.3 is 9.84 Å². The Morgan fingerprint density at radius 1 is 1.14 bits per heavy atom. The molecule has 0 radical (unpaired) electrons. The fourth-order valence-electron chi connectivity index (χ4n) is 4.16. The summed E-state index contributed by atoms with van der Waals surface area (Å²) in [6, 6.07) is 8.03. The van der Waals surface area contributed by atoms with Crippen LogP contribution in [-0.2, 0) is 20.9 Å². The van der Waals surface area contributed by atoms with Crippen LogP contribution in [0.15, 0.2) is 36.4 Å². The Kier molecular flexibility index (Phi) is 9.78. The zero-order valence-electron chi connectivity index (χ0n) is 20.0. The minimum atomic E-state index is -1.04. The number of unbranched alkanes of at least 4 members (excludes halogenated alkanes) is 1. The van der Waals surface area contributed by atoms with Crippen molar-refractivity contribution in [2.45, 2.75) is 51.6 Å². The Morgan fingerprint density at radius 2 is 1.86 bits per heavy atom. The van der Waals surface area contributed by atoms with E-state index in [0.29, 0.717) is 17.7 Å². The van der Waals surface area contributed by atoms with Crippen molar-refractivity contribution in [1.82, 2.24) is 9.80 Å². The predicted molar refractivity (Wildman–Crippen MR) is 130 cm³/mol. The van der Waals surface area contributed by atoms with Gasteiger partial charge in [0.2, 0.25) is 11.8 Å². The van der Waals surface area contributed by atoms with E-state index in [0.717, 1.165) is 17.7 Å². The number of imide groups is 1. The van der Waals surface area contributed by atoms with Gasteiger partial charge in [0, 0.05) is 25.4 Å². The van der Waals surface area contributed by atoms with Crippen molar-refractivity contribution >= 4 is 29.4 Å². The summed E-state index contributed by atoms with van der Waals surface area (Å²) in [4.78, 5) is 38.0. The molecule has 194 valence electrons. The van der Waals surface area contributed by atoms with Crippen LogP contribution >= 0.6 is 11.6 Å². The molecule has 1 aliphatic heterocycles. The molecule has 1 atom stereocenters. The summed E-state index contributed by atoms with van der Waals surface area (Å²) in [6.45, 7) is 2.78. The zero-order valence-corrected chi connectivity index (χ0v) is 20.8. The zero-order chi connectivity index (χ0) is 26.2. The van der Waals surface area contributed by atoms with Crippen LogP contribution in [0.25, 0.3) is 0 Å². The van der Waals surface area contributed by atoms with Crippen molar-refractivity contribution in [2.75, 3.05) is 19.7 Å². The van der Waals surface area contributed by atoms with Crippen LogP contribution in [0.5, 0.6) is 5.75 Å². The average Bonchev–Trinajstić information content (AvgIpc) is 3.15. The topological polar surface area (TPSA) is 87.2 Å². The minimum absolute atomic E-state index is 0.0141. The molecule has 7 nitrogen and oxygen atoms in total. The number of likely N-dealkylation sites (tertiary alicyclic amines) is 1. The highest BCUT2D eigenvalue weighted by atomic mass is 35.5. The van der Waals surface area contributed by atoms with Gasteiger partial charge in [-0.05, 0) is 48.4 Å². The molecular weight excluding hydrogens is 494 g/mol. The number of rotatable bonds is 13. The molecule has 1 fully saturated rings. The highest BCUT2D eigenvalue weighted by molar-refractivity contribution is 6.30. The molecular formula is C26H29ClF2N2O5. The molecule has 2 amide bonds. The molecule has 1 saturated heterocycles. The van der Waals surface area contributed by atoms with E-state index in [1.165, 1.54) is 24.3 Å². The fourth-order valence-corrected chi connectivity index (χ4v) is 4.28. The maximum atomic E-state index is 14.8. The Balaban J connectivity index is 1.74. The van der Waals surface area contributed by atoms with Crippen molar-refractivity contribution in [1.29, 1.82) is 0 Å². The molecule has 0 spiro atoms. The number of carboxylic acids is 1. The van der Waals surface area contributed by atoms with E-state index >= 15 is 0 Å². The van der Waals surface area contributed by atoms with Gasteiger partial charge in [-0.1, -0.05) is 37.1 Å². The first kappa shape index (κ1) is 27.5. The standard InChI is InChI=1S/C26H29ClF2N2O5/c1-2-3-10-30(22(15-26(34)35)18-5-6-19(27)20(28)14-18)16-17-4-7-23(21(29)13-17)36-12-11-31-24(32)8-9-25(31)33/h4-7,13-14,22H,2-3,8-12,15-16H2,1H3,(H,34,35). The van der Waals surface area contributed by atoms with Crippen LogP contribution in [0.1, 0.15) is 56.2 Å². The number of hydrogen-bond donors (Lipinski definition) is 1. The van der Waals surface area contributed by atoms with Crippen LogP contribution in [0.4, 0.5) is 8.78 Å². The molecule has 2 aromatic rings. The molecule has 2 aromatic carbocycles. The molecule has 1 N–H and O–H groups in total. The number of carbonyl (C=O) groups excluding carboxylic acids is 2. The van der Waals surface area contributed by atoms with Crippen LogP contribution < -0.4 is 4.74 Å². The summed E-state index contributed by atoms with van der Waals surface area (Å²) in [6.07, 6.45) is 1.73. The van der Waals surface area contributed by atoms with Gasteiger partial charge in [-0.2, -0.15) is 0 Å². The van der Waals surface area contributed by atoms with Crippen molar-refractivity contribution < 1.29 is 33.0 Å². The van der Waals surface area contributed by atoms with Crippen LogP contribution in [0, 0.1) is 11.6 Å². The van der Waals surface area contributed by atoms with Crippen molar-refractivity contribution in [3.05, 3.63) is 64.2 Å². The molecule has 1 heterocycles. The number of carbonyl (C=O) groups is 3. The van der Waals surface area contributed by atoms with E-state index < -0.39 is 23.6 Å². The minimum Gasteiger partial charge on any atom is -0.489 e. The summed E-state index contributed by atoms with van der Waals surface area (Å²) in [5.41, 5.74) is 1.06. The molecule has 0 aromatic heterocycles. The number of amides is 2. The lowest BCUT2D eigenvalue weighted by Crippen LogP contribution is -2.33. The van der Waals surface area contributed by atoms with E-state index in [1.54, 1.807) is 12.1 Å². The highest BCUT2D eigenvalue weighted by Crippen LogP contribution is 2.30. The van der Waals surface area contributed by atoms with E-state index in [-0.39, 0.29) is 61.5 Å². The first-order chi connectivity index (χ1) is 17.2. The summed E-state index contributed by atoms with van der Waals surface area (Å²) in [5.74, 6) is -2.83. The summed E-state index contributed by atoms with van der Waals surface area (Å²) < 4.78 is 34.4. The van der Waals surface area contributed by atoms with Gasteiger partial charge in [0.1, 0.15) is 12.4 Å². The lowest BCUT2D eigenvalue weighted by molar-refractivity contribution is -0.140. The second-order valence-electron chi connectivity index (χ2n) is 8.66. The lowest BCUT2D eigenvalue weighted by Gasteiger charge is -2.31. The molecule has 10 heteroatoms. The normalized spacial score (nSPS) is 14.5. The van der Waals surface area contributed by atoms with Crippen LogP contribution in [0.3, 0.4) is 0 Å². The first-order valence-corrected chi connectivity index (χ1v) is 12.2. The van der Waals surface area contributed by atoms with Gasteiger partial charge in [0.15, 0.2) is 11.6 Å². The van der Waals surface area contributed by atoms with Crippen molar-refractivity contribution in [3.8, 4) is 5.75 Å². The quantitative estimate of drug-likeness (QED) is 0.374. The maximum absolute atomic E-state index is 14.8. The summed E-state index contributed by atoms with van der Waals surface area (Å²) >= 11 is 5.81. The van der Waals surface area contributed by atoms with E-state index in [2.05, 4.69) is 0 Å². The Bertz CT molecular complexity index is 1100. The number of halogens is 3. The number of hydrogen-bond acceptors (Lipinski definition) is 5. The maximum Gasteiger partial charge on any atom is 0.305 e. The highest BCUT2D eigenvalue weighted by Gasteiger charge is 2.28. The third-order valence-electron chi connectivity index (χ3n) is 6.05. The Hall–Kier alpha value is -3.04. The molecule has 0 bridgehead atoms. The molecule has 1 unspecified atom stereocenters. The van der Waals surface area contributed by atoms with Crippen molar-refractivity contribution in [3.63, 3.8) is 0 Å². The van der Waals surface area contributed by atoms with Gasteiger partial charge in [-0.3, -0.25) is 24.2 Å². The number of benzene rings is 2. The average molecular weight is 523 g/mol. The van der Waals surface area contributed by atoms with Gasteiger partial charge in [-0.15, -0.1) is 0 Å². The molecule has 0 saturated carbocycles.